The maximum atomic E-state index is 11.4. The van der Waals surface area contributed by atoms with Gasteiger partial charge in [-0.2, -0.15) is 0 Å². The second-order valence-electron chi connectivity index (χ2n) is 3.06. The molecule has 0 aliphatic carbocycles. The van der Waals surface area contributed by atoms with Crippen molar-refractivity contribution in [3.05, 3.63) is 0 Å². The third kappa shape index (κ3) is 2.01. The molecule has 14 heavy (non-hydrogen) atoms. The lowest BCUT2D eigenvalue weighted by molar-refractivity contribution is -0.148. The fourth-order valence-corrected chi connectivity index (χ4v) is 2.88. The van der Waals surface area contributed by atoms with Gasteiger partial charge in [0, 0.05) is 5.75 Å². The number of carbonyl (C=O) groups excluding carboxylic acids is 1. The van der Waals surface area contributed by atoms with Crippen molar-refractivity contribution in [1.29, 1.82) is 0 Å². The van der Waals surface area contributed by atoms with Crippen molar-refractivity contribution in [3.63, 3.8) is 0 Å². The zero-order valence-electron chi connectivity index (χ0n) is 7.97. The van der Waals surface area contributed by atoms with Crippen LogP contribution in [-0.2, 0) is 9.59 Å². The first-order chi connectivity index (χ1) is 6.61. The smallest absolute Gasteiger partial charge is 0.327 e. The van der Waals surface area contributed by atoms with Crippen molar-refractivity contribution in [1.82, 2.24) is 4.90 Å². The summed E-state index contributed by atoms with van der Waals surface area (Å²) in [5.41, 5.74) is 5.24. The number of nitrogens with two attached hydrogens (primary N) is 1. The van der Waals surface area contributed by atoms with E-state index in [2.05, 4.69) is 0 Å². The Morgan fingerprint density at radius 1 is 1.64 bits per heavy atom. The number of amides is 1. The molecule has 2 unspecified atom stereocenters. The van der Waals surface area contributed by atoms with Crippen LogP contribution in [0.3, 0.4) is 0 Å². The zero-order valence-corrected chi connectivity index (χ0v) is 8.79. The van der Waals surface area contributed by atoms with Gasteiger partial charge in [-0.05, 0) is 6.42 Å². The first-order valence-electron chi connectivity index (χ1n) is 4.47. The van der Waals surface area contributed by atoms with Crippen LogP contribution in [0.1, 0.15) is 13.3 Å². The quantitative estimate of drug-likeness (QED) is 0.680. The van der Waals surface area contributed by atoms with Crippen LogP contribution in [0.15, 0.2) is 0 Å². The monoisotopic (exact) mass is 218 g/mol. The minimum absolute atomic E-state index is 0.0350. The van der Waals surface area contributed by atoms with E-state index in [1.54, 1.807) is 0 Å². The van der Waals surface area contributed by atoms with E-state index in [-0.39, 0.29) is 17.8 Å². The highest BCUT2D eigenvalue weighted by molar-refractivity contribution is 8.00. The van der Waals surface area contributed by atoms with Crippen LogP contribution in [0.25, 0.3) is 0 Å². The van der Waals surface area contributed by atoms with Crippen LogP contribution in [0.4, 0.5) is 0 Å². The molecule has 1 fully saturated rings. The maximum absolute atomic E-state index is 11.4. The van der Waals surface area contributed by atoms with Crippen molar-refractivity contribution in [2.45, 2.75) is 24.8 Å². The largest absolute Gasteiger partial charge is 0.480 e. The molecule has 0 radical (unpaired) electrons. The summed E-state index contributed by atoms with van der Waals surface area (Å²) in [7, 11) is 0. The highest BCUT2D eigenvalue weighted by Crippen LogP contribution is 2.31. The Kier molecular flexibility index (Phi) is 3.77. The summed E-state index contributed by atoms with van der Waals surface area (Å²) in [5, 5.41) is 8.86. The van der Waals surface area contributed by atoms with Gasteiger partial charge < -0.3 is 15.7 Å². The highest BCUT2D eigenvalue weighted by atomic mass is 32.2. The number of carboxylic acid groups (broad SMARTS) is 1. The molecule has 1 amide bonds. The average Bonchev–Trinajstić information content (AvgIpc) is 2.59. The molecule has 3 N–H and O–H groups in total. The van der Waals surface area contributed by atoms with Crippen molar-refractivity contribution in [3.8, 4) is 0 Å². The Labute approximate surface area is 86.6 Å². The zero-order chi connectivity index (χ0) is 10.7. The van der Waals surface area contributed by atoms with Gasteiger partial charge in [0.05, 0.1) is 11.9 Å². The molecule has 5 nitrogen and oxygen atoms in total. The van der Waals surface area contributed by atoms with Crippen molar-refractivity contribution >= 4 is 23.6 Å². The number of aliphatic carboxylic acids is 1. The second kappa shape index (κ2) is 4.65. The normalized spacial score (nSPS) is 26.6. The average molecular weight is 218 g/mol. The molecule has 2 atom stereocenters. The molecule has 0 spiro atoms. The van der Waals surface area contributed by atoms with Gasteiger partial charge in [-0.15, -0.1) is 11.8 Å². The summed E-state index contributed by atoms with van der Waals surface area (Å²) < 4.78 is 0. The minimum atomic E-state index is -0.949. The summed E-state index contributed by atoms with van der Waals surface area (Å²) >= 11 is 1.50. The Morgan fingerprint density at radius 2 is 2.29 bits per heavy atom. The molecule has 80 valence electrons. The summed E-state index contributed by atoms with van der Waals surface area (Å²) in [4.78, 5) is 23.7. The SMILES string of the molecule is CCC1SCC(C(=O)O)N1C(=O)CN. The summed E-state index contributed by atoms with van der Waals surface area (Å²) in [6, 6.07) is -0.707. The van der Waals surface area contributed by atoms with Crippen molar-refractivity contribution in [2.24, 2.45) is 5.73 Å². The van der Waals surface area contributed by atoms with Gasteiger partial charge in [0.15, 0.2) is 0 Å². The van der Waals surface area contributed by atoms with E-state index >= 15 is 0 Å². The third-order valence-electron chi connectivity index (χ3n) is 2.19. The maximum Gasteiger partial charge on any atom is 0.327 e. The molecular weight excluding hydrogens is 204 g/mol. The molecule has 0 aromatic rings. The standard InChI is InChI=1S/C8H14N2O3S/c1-2-7-10(6(11)3-9)5(4-14-7)8(12)13/h5,7H,2-4,9H2,1H3,(H,12,13). The lowest BCUT2D eigenvalue weighted by Crippen LogP contribution is -2.47. The van der Waals surface area contributed by atoms with Gasteiger partial charge in [-0.1, -0.05) is 6.92 Å². The molecule has 1 rings (SSSR count). The lowest BCUT2D eigenvalue weighted by atomic mass is 10.2. The van der Waals surface area contributed by atoms with Gasteiger partial charge in [-0.3, -0.25) is 4.79 Å². The van der Waals surface area contributed by atoms with Crippen LogP contribution in [0.2, 0.25) is 0 Å². The molecule has 0 saturated carbocycles. The predicted molar refractivity (Wildman–Crippen MR) is 53.9 cm³/mol. The fourth-order valence-electron chi connectivity index (χ4n) is 1.51. The van der Waals surface area contributed by atoms with E-state index < -0.39 is 12.0 Å². The van der Waals surface area contributed by atoms with Crippen LogP contribution in [0, 0.1) is 0 Å². The molecule has 0 aromatic carbocycles. The summed E-state index contributed by atoms with van der Waals surface area (Å²) in [6.07, 6.45) is 0.750. The molecule has 1 saturated heterocycles. The van der Waals surface area contributed by atoms with E-state index in [1.807, 2.05) is 6.92 Å². The fraction of sp³-hybridized carbons (Fsp3) is 0.750. The van der Waals surface area contributed by atoms with E-state index in [4.69, 9.17) is 10.8 Å². The van der Waals surface area contributed by atoms with Crippen LogP contribution >= 0.6 is 11.8 Å². The van der Waals surface area contributed by atoms with E-state index in [0.717, 1.165) is 6.42 Å². The molecule has 1 aliphatic heterocycles. The first kappa shape index (κ1) is 11.3. The van der Waals surface area contributed by atoms with Gasteiger partial charge in [-0.25, -0.2) is 4.79 Å². The Balaban J connectivity index is 2.80. The number of rotatable bonds is 3. The number of carboxylic acids is 1. The van der Waals surface area contributed by atoms with Crippen molar-refractivity contribution in [2.75, 3.05) is 12.3 Å². The highest BCUT2D eigenvalue weighted by Gasteiger charge is 2.39. The molecule has 1 aliphatic rings. The molecule has 0 bridgehead atoms. The molecular formula is C8H14N2O3S. The molecule has 6 heteroatoms. The minimum Gasteiger partial charge on any atom is -0.480 e. The van der Waals surface area contributed by atoms with E-state index in [0.29, 0.717) is 5.75 Å². The first-order valence-corrected chi connectivity index (χ1v) is 5.52. The summed E-state index contributed by atoms with van der Waals surface area (Å²) in [6.45, 7) is 1.81. The van der Waals surface area contributed by atoms with Gasteiger partial charge >= 0.3 is 5.97 Å². The van der Waals surface area contributed by atoms with Crippen LogP contribution in [0.5, 0.6) is 0 Å². The summed E-state index contributed by atoms with van der Waals surface area (Å²) in [5.74, 6) is -0.774. The number of nitrogens with zero attached hydrogens (tertiary/aromatic N) is 1. The van der Waals surface area contributed by atoms with E-state index in [1.165, 1.54) is 16.7 Å². The number of hydrogen-bond acceptors (Lipinski definition) is 4. The van der Waals surface area contributed by atoms with Gasteiger partial charge in [0.2, 0.25) is 5.91 Å². The molecule has 0 aromatic heterocycles. The topological polar surface area (TPSA) is 83.6 Å². The number of carbonyl (C=O) groups is 2. The van der Waals surface area contributed by atoms with Crippen molar-refractivity contribution < 1.29 is 14.7 Å². The van der Waals surface area contributed by atoms with E-state index in [9.17, 15) is 9.59 Å². The van der Waals surface area contributed by atoms with Crippen LogP contribution < -0.4 is 5.73 Å². The Bertz CT molecular complexity index is 247. The third-order valence-corrected chi connectivity index (χ3v) is 3.64. The Hall–Kier alpha value is -0.750. The van der Waals surface area contributed by atoms with Gasteiger partial charge in [0.25, 0.3) is 0 Å². The van der Waals surface area contributed by atoms with Crippen LogP contribution in [-0.4, -0.2) is 45.6 Å². The lowest BCUT2D eigenvalue weighted by Gasteiger charge is -2.25. The number of hydrogen-bond donors (Lipinski definition) is 2. The van der Waals surface area contributed by atoms with Gasteiger partial charge in [0.1, 0.15) is 6.04 Å². The Morgan fingerprint density at radius 3 is 2.71 bits per heavy atom. The predicted octanol–water partition coefficient (Wildman–Crippen LogP) is -0.290. The number of thioether (sulfide) groups is 1. The molecule has 1 heterocycles. The second-order valence-corrected chi connectivity index (χ2v) is 4.27.